The first-order valence-corrected chi connectivity index (χ1v) is 7.97. The minimum absolute atomic E-state index is 0.182. The van der Waals surface area contributed by atoms with Gasteiger partial charge in [0.25, 0.3) is 0 Å². The normalized spacial score (nSPS) is 17.9. The minimum Gasteiger partial charge on any atom is -0.381 e. The Labute approximate surface area is 123 Å². The summed E-state index contributed by atoms with van der Waals surface area (Å²) in [7, 11) is 0. The number of benzene rings is 1. The molecule has 2 aromatic rings. The van der Waals surface area contributed by atoms with E-state index in [1.165, 1.54) is 0 Å². The Bertz CT molecular complexity index is 518. The molecule has 1 fully saturated rings. The van der Waals surface area contributed by atoms with E-state index >= 15 is 0 Å². The molecular formula is C14H20N4OS. The maximum atomic E-state index is 9.06. The zero-order valence-electron chi connectivity index (χ0n) is 11.5. The zero-order chi connectivity index (χ0) is 13.8. The number of para-hydroxylation sites is 2. The van der Waals surface area contributed by atoms with Gasteiger partial charge in [-0.05, 0) is 12.1 Å². The SMILES string of the molecule is OCN1CCN(CCSc2nc3ccccc3[nH]2)CC1. The van der Waals surface area contributed by atoms with Gasteiger partial charge in [-0.25, -0.2) is 4.98 Å². The van der Waals surface area contributed by atoms with Gasteiger partial charge < -0.3 is 10.1 Å². The Morgan fingerprint density at radius 3 is 2.65 bits per heavy atom. The van der Waals surface area contributed by atoms with Crippen LogP contribution < -0.4 is 0 Å². The number of hydrogen-bond acceptors (Lipinski definition) is 5. The highest BCUT2D eigenvalue weighted by atomic mass is 32.2. The molecule has 1 aliphatic heterocycles. The topological polar surface area (TPSA) is 55.4 Å². The number of aromatic nitrogens is 2. The third kappa shape index (κ3) is 3.32. The van der Waals surface area contributed by atoms with Crippen molar-refractivity contribution in [1.29, 1.82) is 0 Å². The van der Waals surface area contributed by atoms with E-state index in [-0.39, 0.29) is 6.73 Å². The largest absolute Gasteiger partial charge is 0.381 e. The quantitative estimate of drug-likeness (QED) is 0.812. The molecule has 0 saturated carbocycles. The molecule has 6 heteroatoms. The van der Waals surface area contributed by atoms with Gasteiger partial charge in [0.05, 0.1) is 17.8 Å². The zero-order valence-corrected chi connectivity index (χ0v) is 12.3. The number of H-pyrrole nitrogens is 1. The van der Waals surface area contributed by atoms with Crippen LogP contribution in [-0.2, 0) is 0 Å². The summed E-state index contributed by atoms with van der Waals surface area (Å²) in [5, 5.41) is 10.1. The number of hydrogen-bond donors (Lipinski definition) is 2. The molecule has 1 aromatic heterocycles. The molecule has 0 amide bonds. The summed E-state index contributed by atoms with van der Waals surface area (Å²) < 4.78 is 0. The van der Waals surface area contributed by atoms with Crippen molar-refractivity contribution in [3.63, 3.8) is 0 Å². The summed E-state index contributed by atoms with van der Waals surface area (Å²) in [5.41, 5.74) is 2.14. The van der Waals surface area contributed by atoms with Gasteiger partial charge >= 0.3 is 0 Å². The number of fused-ring (bicyclic) bond motifs is 1. The van der Waals surface area contributed by atoms with Gasteiger partial charge in [0.15, 0.2) is 5.16 Å². The summed E-state index contributed by atoms with van der Waals surface area (Å²) in [6.07, 6.45) is 0. The van der Waals surface area contributed by atoms with E-state index in [0.717, 1.165) is 54.7 Å². The van der Waals surface area contributed by atoms with Crippen molar-refractivity contribution < 1.29 is 5.11 Å². The molecule has 1 saturated heterocycles. The smallest absolute Gasteiger partial charge is 0.166 e. The highest BCUT2D eigenvalue weighted by Gasteiger charge is 2.15. The maximum absolute atomic E-state index is 9.06. The molecule has 0 atom stereocenters. The van der Waals surface area contributed by atoms with Crippen molar-refractivity contribution >= 4 is 22.8 Å². The van der Waals surface area contributed by atoms with E-state index in [9.17, 15) is 0 Å². The van der Waals surface area contributed by atoms with Crippen molar-refractivity contribution in [2.24, 2.45) is 0 Å². The fraction of sp³-hybridized carbons (Fsp3) is 0.500. The number of piperazine rings is 1. The Morgan fingerprint density at radius 1 is 1.15 bits per heavy atom. The summed E-state index contributed by atoms with van der Waals surface area (Å²) in [4.78, 5) is 12.4. The van der Waals surface area contributed by atoms with Crippen LogP contribution in [0.4, 0.5) is 0 Å². The average molecular weight is 292 g/mol. The Morgan fingerprint density at radius 2 is 1.90 bits per heavy atom. The van der Waals surface area contributed by atoms with Gasteiger partial charge in [0, 0.05) is 38.5 Å². The van der Waals surface area contributed by atoms with E-state index in [0.29, 0.717) is 0 Å². The monoisotopic (exact) mass is 292 g/mol. The molecule has 0 radical (unpaired) electrons. The molecule has 2 N–H and O–H groups in total. The Balaban J connectivity index is 1.46. The highest BCUT2D eigenvalue weighted by molar-refractivity contribution is 7.99. The van der Waals surface area contributed by atoms with Gasteiger partial charge in [-0.2, -0.15) is 0 Å². The molecular weight excluding hydrogens is 272 g/mol. The number of nitrogens with one attached hydrogen (secondary N) is 1. The number of aliphatic hydroxyl groups is 1. The molecule has 20 heavy (non-hydrogen) atoms. The van der Waals surface area contributed by atoms with E-state index in [4.69, 9.17) is 5.11 Å². The molecule has 0 unspecified atom stereocenters. The van der Waals surface area contributed by atoms with Crippen molar-refractivity contribution in [3.8, 4) is 0 Å². The number of imidazole rings is 1. The van der Waals surface area contributed by atoms with Crippen molar-refractivity contribution in [2.45, 2.75) is 5.16 Å². The molecule has 0 bridgehead atoms. The lowest BCUT2D eigenvalue weighted by atomic mass is 10.3. The van der Waals surface area contributed by atoms with Crippen LogP contribution in [0.3, 0.4) is 0 Å². The second-order valence-corrected chi connectivity index (χ2v) is 6.09. The first-order valence-electron chi connectivity index (χ1n) is 6.98. The highest BCUT2D eigenvalue weighted by Crippen LogP contribution is 2.19. The lowest BCUT2D eigenvalue weighted by Gasteiger charge is -2.33. The summed E-state index contributed by atoms with van der Waals surface area (Å²) in [6.45, 7) is 5.27. The van der Waals surface area contributed by atoms with Crippen LogP contribution in [0.1, 0.15) is 0 Å². The van der Waals surface area contributed by atoms with E-state index in [1.54, 1.807) is 11.8 Å². The van der Waals surface area contributed by atoms with E-state index < -0.39 is 0 Å². The third-order valence-corrected chi connectivity index (χ3v) is 4.53. The van der Waals surface area contributed by atoms with Crippen LogP contribution in [0, 0.1) is 0 Å². The Kier molecular flexibility index (Phi) is 4.57. The van der Waals surface area contributed by atoms with Gasteiger partial charge in [0.1, 0.15) is 0 Å². The second kappa shape index (κ2) is 6.58. The van der Waals surface area contributed by atoms with Crippen LogP contribution in [0.25, 0.3) is 11.0 Å². The van der Waals surface area contributed by atoms with Crippen LogP contribution in [0.2, 0.25) is 0 Å². The molecule has 108 valence electrons. The first-order chi connectivity index (χ1) is 9.85. The average Bonchev–Trinajstić information content (AvgIpc) is 2.90. The summed E-state index contributed by atoms with van der Waals surface area (Å²) in [5.74, 6) is 1.04. The molecule has 5 nitrogen and oxygen atoms in total. The minimum atomic E-state index is 0.182. The van der Waals surface area contributed by atoms with Crippen LogP contribution in [0.5, 0.6) is 0 Å². The number of thioether (sulfide) groups is 1. The van der Waals surface area contributed by atoms with Crippen molar-refractivity contribution in [3.05, 3.63) is 24.3 Å². The first kappa shape index (κ1) is 13.9. The maximum Gasteiger partial charge on any atom is 0.166 e. The fourth-order valence-corrected chi connectivity index (χ4v) is 3.31. The van der Waals surface area contributed by atoms with Crippen molar-refractivity contribution in [2.75, 3.05) is 45.2 Å². The molecule has 0 spiro atoms. The predicted octanol–water partition coefficient (Wildman–Crippen LogP) is 1.22. The predicted molar refractivity (Wildman–Crippen MR) is 81.9 cm³/mol. The molecule has 0 aliphatic carbocycles. The van der Waals surface area contributed by atoms with E-state index in [1.807, 2.05) is 18.2 Å². The van der Waals surface area contributed by atoms with Crippen LogP contribution in [-0.4, -0.2) is 70.1 Å². The summed E-state index contributed by atoms with van der Waals surface area (Å²) in [6, 6.07) is 8.12. The van der Waals surface area contributed by atoms with Gasteiger partial charge in [0.2, 0.25) is 0 Å². The molecule has 1 aliphatic rings. The van der Waals surface area contributed by atoms with Crippen LogP contribution in [0.15, 0.2) is 29.4 Å². The van der Waals surface area contributed by atoms with Gasteiger partial charge in [-0.15, -0.1) is 0 Å². The molecule has 2 heterocycles. The van der Waals surface area contributed by atoms with Crippen LogP contribution >= 0.6 is 11.8 Å². The number of aromatic amines is 1. The lowest BCUT2D eigenvalue weighted by molar-refractivity contribution is 0.0566. The molecule has 3 rings (SSSR count). The van der Waals surface area contributed by atoms with E-state index in [2.05, 4.69) is 25.8 Å². The third-order valence-electron chi connectivity index (χ3n) is 3.68. The lowest BCUT2D eigenvalue weighted by Crippen LogP contribution is -2.47. The molecule has 1 aromatic carbocycles. The van der Waals surface area contributed by atoms with Gasteiger partial charge in [-0.1, -0.05) is 23.9 Å². The van der Waals surface area contributed by atoms with Crippen molar-refractivity contribution in [1.82, 2.24) is 19.8 Å². The number of aliphatic hydroxyl groups excluding tert-OH is 1. The Hall–Kier alpha value is -1.08. The summed E-state index contributed by atoms with van der Waals surface area (Å²) >= 11 is 1.78. The fourth-order valence-electron chi connectivity index (χ4n) is 2.42. The van der Waals surface area contributed by atoms with Gasteiger partial charge in [-0.3, -0.25) is 9.80 Å². The standard InChI is InChI=1S/C14H20N4OS/c19-11-18-7-5-17(6-8-18)9-10-20-14-15-12-3-1-2-4-13(12)16-14/h1-4,19H,5-11H2,(H,15,16). The second-order valence-electron chi connectivity index (χ2n) is 5.01. The number of nitrogens with zero attached hydrogens (tertiary/aromatic N) is 3. The number of rotatable bonds is 5.